The molecule has 2 atom stereocenters. The van der Waals surface area contributed by atoms with Crippen LogP contribution in [0.4, 0.5) is 4.39 Å². The number of phenols is 1. The highest BCUT2D eigenvalue weighted by molar-refractivity contribution is 9.10. The van der Waals surface area contributed by atoms with Crippen LogP contribution >= 0.6 is 27.5 Å². The fourth-order valence-electron chi connectivity index (χ4n) is 3.67. The maximum Gasteiger partial charge on any atom is 0.162 e. The Bertz CT molecular complexity index is 1120. The maximum absolute atomic E-state index is 13.8. The van der Waals surface area contributed by atoms with Crippen LogP contribution in [0.2, 0.25) is 5.02 Å². The van der Waals surface area contributed by atoms with E-state index in [2.05, 4.69) is 21.2 Å². The lowest BCUT2D eigenvalue weighted by Crippen LogP contribution is -2.33. The fourth-order valence-corrected chi connectivity index (χ4v) is 4.19. The van der Waals surface area contributed by atoms with Crippen molar-refractivity contribution >= 4 is 33.2 Å². The van der Waals surface area contributed by atoms with Crippen LogP contribution in [0.15, 0.2) is 70.1 Å². The molecule has 31 heavy (non-hydrogen) atoms. The van der Waals surface area contributed by atoms with E-state index < -0.39 is 6.17 Å². The van der Waals surface area contributed by atoms with Gasteiger partial charge < -0.3 is 9.84 Å². The van der Waals surface area contributed by atoms with Gasteiger partial charge in [0.05, 0.1) is 11.1 Å². The monoisotopic (exact) mass is 502 g/mol. The molecule has 0 unspecified atom stereocenters. The number of phenolic OH excluding ortho intramolecular Hbond substituents is 1. The van der Waals surface area contributed by atoms with Crippen LogP contribution in [0, 0.1) is 5.82 Å². The van der Waals surface area contributed by atoms with Crippen LogP contribution in [0.1, 0.15) is 42.2 Å². The highest BCUT2D eigenvalue weighted by Crippen LogP contribution is 2.39. The SMILES string of the molecule is CCOc1cccc([C@H]2CC(c3ccc(Cl)cc3)=N[C@H](c3ccc(F)c(Br)c3)N2)c1O. The molecule has 0 saturated carbocycles. The molecule has 1 aliphatic heterocycles. The van der Waals surface area contributed by atoms with Gasteiger partial charge >= 0.3 is 0 Å². The molecule has 0 saturated heterocycles. The second kappa shape index (κ2) is 9.39. The van der Waals surface area contributed by atoms with Gasteiger partial charge in [-0.05, 0) is 64.3 Å². The lowest BCUT2D eigenvalue weighted by atomic mass is 9.93. The lowest BCUT2D eigenvalue weighted by molar-refractivity contribution is 0.313. The van der Waals surface area contributed by atoms with Crippen molar-refractivity contribution < 1.29 is 14.2 Å². The number of hydrogen-bond donors (Lipinski definition) is 2. The van der Waals surface area contributed by atoms with Gasteiger partial charge in [0, 0.05) is 28.8 Å². The molecular formula is C24H21BrClFN2O2. The Morgan fingerprint density at radius 2 is 1.97 bits per heavy atom. The first-order valence-corrected chi connectivity index (χ1v) is 11.1. The number of ether oxygens (including phenoxy) is 1. The largest absolute Gasteiger partial charge is 0.504 e. The summed E-state index contributed by atoms with van der Waals surface area (Å²) < 4.78 is 19.7. The van der Waals surface area contributed by atoms with Gasteiger partial charge in [-0.25, -0.2) is 4.39 Å². The number of rotatable bonds is 5. The summed E-state index contributed by atoms with van der Waals surface area (Å²) in [7, 11) is 0. The average molecular weight is 504 g/mol. The van der Waals surface area contributed by atoms with Gasteiger partial charge in [-0.2, -0.15) is 0 Å². The molecular weight excluding hydrogens is 483 g/mol. The zero-order chi connectivity index (χ0) is 22.0. The number of nitrogens with zero attached hydrogens (tertiary/aromatic N) is 1. The van der Waals surface area contributed by atoms with Crippen LogP contribution in [0.5, 0.6) is 11.5 Å². The van der Waals surface area contributed by atoms with E-state index in [4.69, 9.17) is 21.3 Å². The molecule has 4 nitrogen and oxygen atoms in total. The predicted octanol–water partition coefficient (Wildman–Crippen LogP) is 6.57. The summed E-state index contributed by atoms with van der Waals surface area (Å²) in [6.07, 6.45) is 0.139. The molecule has 0 bridgehead atoms. The minimum atomic E-state index is -0.420. The zero-order valence-corrected chi connectivity index (χ0v) is 19.1. The first-order valence-electron chi connectivity index (χ1n) is 9.94. The van der Waals surface area contributed by atoms with Crippen molar-refractivity contribution in [2.24, 2.45) is 4.99 Å². The number of aliphatic imine (C=N–C) groups is 1. The van der Waals surface area contributed by atoms with Crippen molar-refractivity contribution in [1.29, 1.82) is 0 Å². The van der Waals surface area contributed by atoms with E-state index in [-0.39, 0.29) is 17.6 Å². The third-order valence-electron chi connectivity index (χ3n) is 5.18. The molecule has 4 rings (SSSR count). The quantitative estimate of drug-likeness (QED) is 0.414. The second-order valence-electron chi connectivity index (χ2n) is 7.21. The predicted molar refractivity (Wildman–Crippen MR) is 125 cm³/mol. The highest BCUT2D eigenvalue weighted by Gasteiger charge is 2.29. The van der Waals surface area contributed by atoms with Crippen molar-refractivity contribution in [1.82, 2.24) is 5.32 Å². The van der Waals surface area contributed by atoms with E-state index in [0.717, 1.165) is 22.4 Å². The van der Waals surface area contributed by atoms with Gasteiger partial charge in [0.15, 0.2) is 11.5 Å². The van der Waals surface area contributed by atoms with Crippen molar-refractivity contribution in [3.63, 3.8) is 0 Å². The first kappa shape index (κ1) is 21.8. The Hall–Kier alpha value is -2.41. The molecule has 2 N–H and O–H groups in total. The number of para-hydroxylation sites is 1. The Labute approximate surface area is 193 Å². The van der Waals surface area contributed by atoms with Crippen molar-refractivity contribution in [2.45, 2.75) is 25.6 Å². The molecule has 1 heterocycles. The van der Waals surface area contributed by atoms with Gasteiger partial charge in [-0.3, -0.25) is 10.3 Å². The number of aromatic hydroxyl groups is 1. The molecule has 3 aromatic rings. The molecule has 7 heteroatoms. The van der Waals surface area contributed by atoms with E-state index in [1.165, 1.54) is 6.07 Å². The first-order chi connectivity index (χ1) is 15.0. The van der Waals surface area contributed by atoms with Crippen LogP contribution in [0.25, 0.3) is 0 Å². The number of hydrogen-bond acceptors (Lipinski definition) is 4. The zero-order valence-electron chi connectivity index (χ0n) is 16.8. The van der Waals surface area contributed by atoms with Gasteiger partial charge in [0.25, 0.3) is 0 Å². The van der Waals surface area contributed by atoms with E-state index in [0.29, 0.717) is 28.3 Å². The molecule has 0 amide bonds. The second-order valence-corrected chi connectivity index (χ2v) is 8.50. The average Bonchev–Trinajstić information content (AvgIpc) is 2.77. The van der Waals surface area contributed by atoms with E-state index in [1.54, 1.807) is 18.2 Å². The Kier molecular flexibility index (Phi) is 6.60. The van der Waals surface area contributed by atoms with E-state index >= 15 is 0 Å². The van der Waals surface area contributed by atoms with Crippen molar-refractivity contribution in [3.8, 4) is 11.5 Å². The summed E-state index contributed by atoms with van der Waals surface area (Å²) in [6.45, 7) is 2.33. The Morgan fingerprint density at radius 1 is 1.19 bits per heavy atom. The molecule has 0 radical (unpaired) electrons. The van der Waals surface area contributed by atoms with E-state index in [9.17, 15) is 9.50 Å². The maximum atomic E-state index is 13.8. The van der Waals surface area contributed by atoms with Crippen molar-refractivity contribution in [2.75, 3.05) is 6.61 Å². The highest BCUT2D eigenvalue weighted by atomic mass is 79.9. The summed E-state index contributed by atoms with van der Waals surface area (Å²) in [5.74, 6) is 0.219. The lowest BCUT2D eigenvalue weighted by Gasteiger charge is -2.31. The minimum Gasteiger partial charge on any atom is -0.504 e. The molecule has 0 spiro atoms. The van der Waals surface area contributed by atoms with Crippen LogP contribution < -0.4 is 10.1 Å². The standard InChI is InChI=1S/C24H21BrClFN2O2/c1-2-31-22-5-3-4-17(23(22)30)21-13-20(14-6-9-16(26)10-7-14)28-24(29-21)15-8-11-19(27)18(25)12-15/h3-12,21,24,29-30H,2,13H2,1H3/t21-,24+/m1/s1. The normalized spacial score (nSPS) is 18.5. The molecule has 0 aliphatic carbocycles. The summed E-state index contributed by atoms with van der Waals surface area (Å²) in [4.78, 5) is 4.89. The molecule has 3 aromatic carbocycles. The number of halogens is 3. The third-order valence-corrected chi connectivity index (χ3v) is 6.04. The Morgan fingerprint density at radius 3 is 2.68 bits per heavy atom. The summed E-state index contributed by atoms with van der Waals surface area (Å²) in [5.41, 5.74) is 3.35. The van der Waals surface area contributed by atoms with Gasteiger partial charge in [0.1, 0.15) is 12.0 Å². The van der Waals surface area contributed by atoms with Crippen LogP contribution in [-0.4, -0.2) is 17.4 Å². The number of nitrogens with one attached hydrogen (secondary N) is 1. The Balaban J connectivity index is 1.76. The third kappa shape index (κ3) is 4.76. The molecule has 160 valence electrons. The summed E-state index contributed by atoms with van der Waals surface area (Å²) in [5, 5.41) is 15.0. The van der Waals surface area contributed by atoms with Gasteiger partial charge in [0.2, 0.25) is 0 Å². The van der Waals surface area contributed by atoms with Crippen LogP contribution in [0.3, 0.4) is 0 Å². The van der Waals surface area contributed by atoms with Crippen LogP contribution in [-0.2, 0) is 0 Å². The van der Waals surface area contributed by atoms with Gasteiger partial charge in [-0.1, -0.05) is 41.9 Å². The summed E-state index contributed by atoms with van der Waals surface area (Å²) >= 11 is 9.32. The molecule has 0 fully saturated rings. The fraction of sp³-hybridized carbons (Fsp3) is 0.208. The van der Waals surface area contributed by atoms with Gasteiger partial charge in [-0.15, -0.1) is 0 Å². The molecule has 0 aromatic heterocycles. The van der Waals surface area contributed by atoms with Crippen molar-refractivity contribution in [3.05, 3.63) is 92.7 Å². The number of benzene rings is 3. The topological polar surface area (TPSA) is 53.8 Å². The van der Waals surface area contributed by atoms with E-state index in [1.807, 2.05) is 43.3 Å². The smallest absolute Gasteiger partial charge is 0.162 e. The molecule has 1 aliphatic rings. The minimum absolute atomic E-state index is 0.109. The summed E-state index contributed by atoms with van der Waals surface area (Å²) in [6, 6.07) is 17.6.